The number of rotatable bonds is 9. The minimum atomic E-state index is -0.217. The summed E-state index contributed by atoms with van der Waals surface area (Å²) in [7, 11) is 4.08. The number of H-pyrrole nitrogens is 1. The molecule has 224 valence electrons. The van der Waals surface area contributed by atoms with Crippen molar-refractivity contribution in [2.45, 2.75) is 64.5 Å². The number of carbonyl (C=O) groups excluding carboxylic acids is 1. The monoisotopic (exact) mass is 573 g/mol. The largest absolute Gasteiger partial charge is 0.503 e. The van der Waals surface area contributed by atoms with Crippen LogP contribution in [0.15, 0.2) is 42.6 Å². The summed E-state index contributed by atoms with van der Waals surface area (Å²) in [6.45, 7) is 12.5. The number of piperidine rings is 1. The second kappa shape index (κ2) is 12.5. The first-order valence-corrected chi connectivity index (χ1v) is 14.9. The van der Waals surface area contributed by atoms with Crippen molar-refractivity contribution in [3.05, 3.63) is 59.5 Å². The van der Waals surface area contributed by atoms with Gasteiger partial charge in [0.05, 0.1) is 23.4 Å². The summed E-state index contributed by atoms with van der Waals surface area (Å²) >= 11 is 0. The van der Waals surface area contributed by atoms with Crippen molar-refractivity contribution >= 4 is 22.6 Å². The van der Waals surface area contributed by atoms with Crippen molar-refractivity contribution in [2.75, 3.05) is 45.2 Å². The van der Waals surface area contributed by atoms with Gasteiger partial charge in [-0.25, -0.2) is 0 Å². The van der Waals surface area contributed by atoms with Crippen molar-refractivity contribution in [2.24, 2.45) is 0 Å². The molecular weight excluding hydrogens is 530 g/mol. The lowest BCUT2D eigenvalue weighted by atomic mass is 9.90. The lowest BCUT2D eigenvalue weighted by Crippen LogP contribution is -2.37. The average Bonchev–Trinajstić information content (AvgIpc) is 3.65. The SMILES string of the molecule is C=CC(=O)N1CCC(c2nc(OC[C@@H]3CCCN3C)nc(N(C)C(/C(C)=C\C)c3c(C)ccc4[nH]ncc34)c2O)CC1. The number of aryl methyl sites for hydroxylation is 1. The average molecular weight is 574 g/mol. The minimum absolute atomic E-state index is 0.0363. The fourth-order valence-electron chi connectivity index (χ4n) is 6.42. The molecule has 0 bridgehead atoms. The fraction of sp³-hybridized carbons (Fsp3) is 0.500. The van der Waals surface area contributed by atoms with Crippen molar-refractivity contribution in [3.63, 3.8) is 0 Å². The number of nitrogens with zero attached hydrogens (tertiary/aromatic N) is 6. The van der Waals surface area contributed by atoms with Gasteiger partial charge in [-0.2, -0.15) is 15.1 Å². The molecule has 1 unspecified atom stereocenters. The van der Waals surface area contributed by atoms with Crippen LogP contribution in [0.2, 0.25) is 0 Å². The highest BCUT2D eigenvalue weighted by Crippen LogP contribution is 2.43. The molecule has 0 radical (unpaired) electrons. The number of hydrogen-bond acceptors (Lipinski definition) is 8. The number of hydrogen-bond donors (Lipinski definition) is 2. The van der Waals surface area contributed by atoms with Gasteiger partial charge in [-0.3, -0.25) is 9.89 Å². The summed E-state index contributed by atoms with van der Waals surface area (Å²) in [6.07, 6.45) is 8.89. The van der Waals surface area contributed by atoms with Crippen molar-refractivity contribution in [1.82, 2.24) is 30.0 Å². The predicted molar refractivity (Wildman–Crippen MR) is 165 cm³/mol. The van der Waals surface area contributed by atoms with Crippen LogP contribution in [0, 0.1) is 6.92 Å². The third kappa shape index (κ3) is 5.72. The maximum atomic E-state index is 12.2. The maximum absolute atomic E-state index is 12.2. The van der Waals surface area contributed by atoms with Gasteiger partial charge in [-0.15, -0.1) is 0 Å². The number of carbonyl (C=O) groups is 1. The molecule has 2 fully saturated rings. The third-order valence-electron chi connectivity index (χ3n) is 9.08. The number of likely N-dealkylation sites (tertiary alicyclic amines) is 2. The first-order valence-electron chi connectivity index (χ1n) is 14.9. The van der Waals surface area contributed by atoms with E-state index in [0.29, 0.717) is 50.1 Å². The highest BCUT2D eigenvalue weighted by molar-refractivity contribution is 5.87. The Morgan fingerprint density at radius 2 is 2.02 bits per heavy atom. The number of anilines is 1. The highest BCUT2D eigenvalue weighted by Gasteiger charge is 2.32. The van der Waals surface area contributed by atoms with Gasteiger partial charge in [0.25, 0.3) is 0 Å². The van der Waals surface area contributed by atoms with Gasteiger partial charge in [0.1, 0.15) is 6.61 Å². The molecule has 3 aromatic rings. The smallest absolute Gasteiger partial charge is 0.318 e. The van der Waals surface area contributed by atoms with Crippen LogP contribution in [-0.2, 0) is 4.79 Å². The van der Waals surface area contributed by atoms with Crippen LogP contribution in [0.5, 0.6) is 11.8 Å². The number of benzene rings is 1. The Hall–Kier alpha value is -3.92. The van der Waals surface area contributed by atoms with Gasteiger partial charge in [0.2, 0.25) is 5.91 Å². The lowest BCUT2D eigenvalue weighted by Gasteiger charge is -2.34. The van der Waals surface area contributed by atoms with Crippen LogP contribution in [0.4, 0.5) is 5.82 Å². The number of amides is 1. The molecule has 2 aliphatic rings. The summed E-state index contributed by atoms with van der Waals surface area (Å²) in [4.78, 5) is 27.9. The van der Waals surface area contributed by atoms with E-state index in [2.05, 4.69) is 54.7 Å². The lowest BCUT2D eigenvalue weighted by molar-refractivity contribution is -0.127. The molecule has 1 amide bonds. The summed E-state index contributed by atoms with van der Waals surface area (Å²) in [5.74, 6) is 0.373. The fourth-order valence-corrected chi connectivity index (χ4v) is 6.42. The van der Waals surface area contributed by atoms with Crippen LogP contribution >= 0.6 is 0 Å². The van der Waals surface area contributed by atoms with Gasteiger partial charge >= 0.3 is 6.01 Å². The summed E-state index contributed by atoms with van der Waals surface area (Å²) in [5, 5.41) is 20.2. The number of likely N-dealkylation sites (N-methyl/N-ethyl adjacent to an activating group) is 2. The Kier molecular flexibility index (Phi) is 8.82. The van der Waals surface area contributed by atoms with E-state index in [9.17, 15) is 9.90 Å². The maximum Gasteiger partial charge on any atom is 0.318 e. The van der Waals surface area contributed by atoms with Crippen LogP contribution in [0.1, 0.15) is 68.3 Å². The molecule has 0 aliphatic carbocycles. The zero-order chi connectivity index (χ0) is 30.0. The Bertz CT molecular complexity index is 1470. The van der Waals surface area contributed by atoms with Gasteiger partial charge in [0, 0.05) is 37.5 Å². The molecule has 2 N–H and O–H groups in total. The van der Waals surface area contributed by atoms with E-state index in [-0.39, 0.29) is 29.6 Å². The van der Waals surface area contributed by atoms with Gasteiger partial charge in [-0.05, 0) is 83.3 Å². The molecular formula is C32H43N7O3. The predicted octanol–water partition coefficient (Wildman–Crippen LogP) is 4.88. The zero-order valence-electron chi connectivity index (χ0n) is 25.4. The van der Waals surface area contributed by atoms with Crippen LogP contribution in [0.25, 0.3) is 10.9 Å². The van der Waals surface area contributed by atoms with Gasteiger partial charge < -0.3 is 24.5 Å². The molecule has 2 saturated heterocycles. The highest BCUT2D eigenvalue weighted by atomic mass is 16.5. The normalized spacial score (nSPS) is 19.3. The van der Waals surface area contributed by atoms with Gasteiger partial charge in [-0.1, -0.05) is 24.3 Å². The Labute approximate surface area is 248 Å². The second-order valence-corrected chi connectivity index (χ2v) is 11.6. The second-order valence-electron chi connectivity index (χ2n) is 11.6. The first-order chi connectivity index (χ1) is 20.2. The number of aromatic amines is 1. The van der Waals surface area contributed by atoms with Crippen molar-refractivity contribution < 1.29 is 14.6 Å². The molecule has 0 saturated carbocycles. The molecule has 2 aromatic heterocycles. The molecule has 5 rings (SSSR count). The number of allylic oxidation sites excluding steroid dienone is 1. The summed E-state index contributed by atoms with van der Waals surface area (Å²) < 4.78 is 6.26. The van der Waals surface area contributed by atoms with E-state index in [1.165, 1.54) is 6.08 Å². The molecule has 1 aromatic carbocycles. The topological polar surface area (TPSA) is 111 Å². The van der Waals surface area contributed by atoms with Crippen molar-refractivity contribution in [3.8, 4) is 11.8 Å². The number of fused-ring (bicyclic) bond motifs is 1. The number of nitrogens with one attached hydrogen (secondary N) is 1. The van der Waals surface area contributed by atoms with E-state index in [1.54, 1.807) is 4.90 Å². The summed E-state index contributed by atoms with van der Waals surface area (Å²) in [6, 6.07) is 4.49. The number of ether oxygens (including phenoxy) is 1. The van der Waals surface area contributed by atoms with Crippen LogP contribution in [0.3, 0.4) is 0 Å². The zero-order valence-corrected chi connectivity index (χ0v) is 25.4. The van der Waals surface area contributed by atoms with E-state index < -0.39 is 0 Å². The van der Waals surface area contributed by atoms with E-state index in [0.717, 1.165) is 47.0 Å². The quantitative estimate of drug-likeness (QED) is 0.275. The minimum Gasteiger partial charge on any atom is -0.503 e. The van der Waals surface area contributed by atoms with Gasteiger partial charge in [0.15, 0.2) is 11.6 Å². The molecule has 10 heteroatoms. The van der Waals surface area contributed by atoms with Crippen LogP contribution in [-0.4, -0.2) is 87.4 Å². The number of aromatic nitrogens is 4. The molecule has 42 heavy (non-hydrogen) atoms. The molecule has 10 nitrogen and oxygen atoms in total. The molecule has 2 aliphatic heterocycles. The third-order valence-corrected chi connectivity index (χ3v) is 9.08. The molecule has 4 heterocycles. The van der Waals surface area contributed by atoms with E-state index in [1.807, 2.05) is 31.1 Å². The molecule has 0 spiro atoms. The first kappa shape index (κ1) is 29.6. The van der Waals surface area contributed by atoms with Crippen LogP contribution < -0.4 is 9.64 Å². The molecule has 2 atom stereocenters. The van der Waals surface area contributed by atoms with E-state index in [4.69, 9.17) is 14.7 Å². The Morgan fingerprint density at radius 1 is 1.26 bits per heavy atom. The van der Waals surface area contributed by atoms with E-state index >= 15 is 0 Å². The summed E-state index contributed by atoms with van der Waals surface area (Å²) in [5.41, 5.74) is 4.86. The number of aromatic hydroxyl groups is 1. The standard InChI is InChI=1S/C32H43N7O3/c1-7-20(3)29(27-21(4)11-12-25-24(27)18-33-36-25)38(6)31-30(41)28(22-13-16-39(17-14-22)26(40)8-2)34-32(35-31)42-19-23-10-9-15-37(23)5/h7-8,11-12,18,22-23,29,41H,2,9-10,13-17,19H2,1,3-6H3,(H,33,36)/b20-7-/t23-,29?/m0/s1. The van der Waals surface area contributed by atoms with Crippen molar-refractivity contribution in [1.29, 1.82) is 0 Å². The Balaban J connectivity index is 1.56. The Morgan fingerprint density at radius 3 is 2.69 bits per heavy atom.